The van der Waals surface area contributed by atoms with Gasteiger partial charge in [-0.15, -0.1) is 0 Å². The molecule has 3 heteroatoms. The lowest BCUT2D eigenvalue weighted by atomic mass is 10.1. The Hall–Kier alpha value is -1.09. The van der Waals surface area contributed by atoms with Gasteiger partial charge in [-0.1, -0.05) is 19.9 Å². The van der Waals surface area contributed by atoms with Crippen LogP contribution in [0.1, 0.15) is 20.3 Å². The van der Waals surface area contributed by atoms with Crippen LogP contribution in [0.4, 0.5) is 10.1 Å². The molecule has 0 aliphatic heterocycles. The Morgan fingerprint density at radius 2 is 2.06 bits per heavy atom. The van der Waals surface area contributed by atoms with Gasteiger partial charge in [-0.2, -0.15) is 0 Å². The summed E-state index contributed by atoms with van der Waals surface area (Å²) in [6.07, 6.45) is 1.09. The molecular weight excluding hydrogens is 203 g/mol. The van der Waals surface area contributed by atoms with E-state index in [2.05, 4.69) is 18.7 Å². The Kier molecular flexibility index (Phi) is 5.26. The van der Waals surface area contributed by atoms with E-state index in [1.54, 1.807) is 12.1 Å². The molecule has 0 spiro atoms. The van der Waals surface area contributed by atoms with Crippen molar-refractivity contribution in [3.8, 4) is 0 Å². The van der Waals surface area contributed by atoms with Crippen molar-refractivity contribution >= 4 is 5.69 Å². The first-order valence-electron chi connectivity index (χ1n) is 5.84. The second-order valence-corrected chi connectivity index (χ2v) is 4.44. The Morgan fingerprint density at radius 1 is 1.31 bits per heavy atom. The van der Waals surface area contributed by atoms with Crippen molar-refractivity contribution in [1.29, 1.82) is 0 Å². The molecule has 0 radical (unpaired) electrons. The van der Waals surface area contributed by atoms with Crippen molar-refractivity contribution in [2.45, 2.75) is 20.3 Å². The molecule has 0 aliphatic carbocycles. The summed E-state index contributed by atoms with van der Waals surface area (Å²) >= 11 is 0. The van der Waals surface area contributed by atoms with Gasteiger partial charge in [0.25, 0.3) is 0 Å². The van der Waals surface area contributed by atoms with Crippen LogP contribution in [0.25, 0.3) is 0 Å². The highest BCUT2D eigenvalue weighted by Gasteiger charge is 2.07. The van der Waals surface area contributed by atoms with Crippen LogP contribution in [0.2, 0.25) is 0 Å². The minimum absolute atomic E-state index is 0.191. The Morgan fingerprint density at radius 3 is 2.62 bits per heavy atom. The Labute approximate surface area is 97.3 Å². The first-order chi connectivity index (χ1) is 7.63. The third kappa shape index (κ3) is 4.19. The fraction of sp³-hybridized carbons (Fsp3) is 0.538. The maximum absolute atomic E-state index is 13.1. The van der Waals surface area contributed by atoms with Crippen molar-refractivity contribution in [3.05, 3.63) is 30.1 Å². The molecule has 0 bridgehead atoms. The molecule has 0 amide bonds. The van der Waals surface area contributed by atoms with Crippen LogP contribution >= 0.6 is 0 Å². The molecule has 0 atom stereocenters. The van der Waals surface area contributed by atoms with Crippen LogP contribution in [-0.4, -0.2) is 19.6 Å². The van der Waals surface area contributed by atoms with Crippen molar-refractivity contribution in [2.75, 3.05) is 24.5 Å². The average molecular weight is 224 g/mol. The molecule has 1 aromatic rings. The van der Waals surface area contributed by atoms with Gasteiger partial charge in [0.05, 0.1) is 0 Å². The standard InChI is InChI=1S/C13H21FN2/c1-11(2)6-8-16(9-7-15)13-5-3-4-12(14)10-13/h3-5,10-11H,6-9,15H2,1-2H3. The molecule has 2 nitrogen and oxygen atoms in total. The maximum Gasteiger partial charge on any atom is 0.125 e. The lowest BCUT2D eigenvalue weighted by molar-refractivity contribution is 0.571. The molecule has 16 heavy (non-hydrogen) atoms. The molecule has 0 unspecified atom stereocenters. The molecule has 90 valence electrons. The van der Waals surface area contributed by atoms with Gasteiger partial charge in [-0.25, -0.2) is 4.39 Å². The second-order valence-electron chi connectivity index (χ2n) is 4.44. The largest absolute Gasteiger partial charge is 0.370 e. The van der Waals surface area contributed by atoms with Crippen molar-refractivity contribution in [1.82, 2.24) is 0 Å². The molecule has 0 aliphatic rings. The van der Waals surface area contributed by atoms with E-state index in [-0.39, 0.29) is 5.82 Å². The van der Waals surface area contributed by atoms with Gasteiger partial charge in [-0.05, 0) is 30.5 Å². The van der Waals surface area contributed by atoms with Crippen LogP contribution in [0, 0.1) is 11.7 Å². The summed E-state index contributed by atoms with van der Waals surface area (Å²) in [4.78, 5) is 2.14. The number of anilines is 1. The highest BCUT2D eigenvalue weighted by atomic mass is 19.1. The number of hydrogen-bond acceptors (Lipinski definition) is 2. The first kappa shape index (κ1) is 13.0. The molecule has 0 saturated carbocycles. The van der Waals surface area contributed by atoms with E-state index in [1.807, 2.05) is 6.07 Å². The van der Waals surface area contributed by atoms with E-state index in [4.69, 9.17) is 5.73 Å². The number of nitrogens with two attached hydrogens (primary N) is 1. The topological polar surface area (TPSA) is 29.3 Å². The summed E-state index contributed by atoms with van der Waals surface area (Å²) in [5.41, 5.74) is 6.50. The van der Waals surface area contributed by atoms with E-state index < -0.39 is 0 Å². The van der Waals surface area contributed by atoms with Crippen LogP contribution in [0.3, 0.4) is 0 Å². The predicted molar refractivity (Wildman–Crippen MR) is 67.1 cm³/mol. The smallest absolute Gasteiger partial charge is 0.125 e. The van der Waals surface area contributed by atoms with E-state index >= 15 is 0 Å². The summed E-state index contributed by atoms with van der Waals surface area (Å²) in [5, 5.41) is 0. The zero-order valence-corrected chi connectivity index (χ0v) is 10.1. The second kappa shape index (κ2) is 6.48. The number of nitrogens with zero attached hydrogens (tertiary/aromatic N) is 1. The van der Waals surface area contributed by atoms with Gasteiger partial charge in [0, 0.05) is 25.3 Å². The minimum atomic E-state index is -0.191. The summed E-state index contributed by atoms with van der Waals surface area (Å²) in [6.45, 7) is 6.67. The number of hydrogen-bond donors (Lipinski definition) is 1. The SMILES string of the molecule is CC(C)CCN(CCN)c1cccc(F)c1. The van der Waals surface area contributed by atoms with Crippen LogP contribution < -0.4 is 10.6 Å². The van der Waals surface area contributed by atoms with Crippen molar-refractivity contribution in [2.24, 2.45) is 11.7 Å². The van der Waals surface area contributed by atoms with Gasteiger partial charge in [0.15, 0.2) is 0 Å². The summed E-state index contributed by atoms with van der Waals surface area (Å²) in [5.74, 6) is 0.456. The summed E-state index contributed by atoms with van der Waals surface area (Å²) in [7, 11) is 0. The normalized spacial score (nSPS) is 10.8. The number of halogens is 1. The Balaban J connectivity index is 2.68. The zero-order chi connectivity index (χ0) is 12.0. The van der Waals surface area contributed by atoms with Crippen LogP contribution in [0.5, 0.6) is 0 Å². The quantitative estimate of drug-likeness (QED) is 0.805. The van der Waals surface area contributed by atoms with Gasteiger partial charge in [0.2, 0.25) is 0 Å². The van der Waals surface area contributed by atoms with Gasteiger partial charge >= 0.3 is 0 Å². The third-order valence-electron chi connectivity index (χ3n) is 2.55. The molecule has 0 heterocycles. The van der Waals surface area contributed by atoms with E-state index in [1.165, 1.54) is 6.07 Å². The molecule has 0 aromatic heterocycles. The third-order valence-corrected chi connectivity index (χ3v) is 2.55. The number of benzene rings is 1. The van der Waals surface area contributed by atoms with E-state index in [0.717, 1.165) is 25.2 Å². The number of rotatable bonds is 6. The van der Waals surface area contributed by atoms with Crippen molar-refractivity contribution in [3.63, 3.8) is 0 Å². The molecule has 1 rings (SSSR count). The zero-order valence-electron chi connectivity index (χ0n) is 10.1. The summed E-state index contributed by atoms with van der Waals surface area (Å²) < 4.78 is 13.1. The molecular formula is C13H21FN2. The first-order valence-corrected chi connectivity index (χ1v) is 5.84. The monoisotopic (exact) mass is 224 g/mol. The molecule has 0 saturated heterocycles. The maximum atomic E-state index is 13.1. The fourth-order valence-corrected chi connectivity index (χ4v) is 1.61. The minimum Gasteiger partial charge on any atom is -0.370 e. The summed E-state index contributed by atoms with van der Waals surface area (Å²) in [6, 6.07) is 6.70. The van der Waals surface area contributed by atoms with Gasteiger partial charge in [0.1, 0.15) is 5.82 Å². The Bertz CT molecular complexity index is 313. The molecule has 0 fully saturated rings. The van der Waals surface area contributed by atoms with Crippen LogP contribution in [0.15, 0.2) is 24.3 Å². The van der Waals surface area contributed by atoms with Crippen LogP contribution in [-0.2, 0) is 0 Å². The predicted octanol–water partition coefficient (Wildman–Crippen LogP) is 2.64. The fourth-order valence-electron chi connectivity index (χ4n) is 1.61. The van der Waals surface area contributed by atoms with E-state index in [9.17, 15) is 4.39 Å². The highest BCUT2D eigenvalue weighted by Crippen LogP contribution is 2.16. The van der Waals surface area contributed by atoms with Gasteiger partial charge < -0.3 is 10.6 Å². The van der Waals surface area contributed by atoms with Crippen molar-refractivity contribution < 1.29 is 4.39 Å². The lowest BCUT2D eigenvalue weighted by Crippen LogP contribution is -2.31. The van der Waals surface area contributed by atoms with Gasteiger partial charge in [-0.3, -0.25) is 0 Å². The molecule has 2 N–H and O–H groups in total. The molecule has 1 aromatic carbocycles. The van der Waals surface area contributed by atoms with E-state index in [0.29, 0.717) is 12.5 Å². The highest BCUT2D eigenvalue weighted by molar-refractivity contribution is 5.46. The average Bonchev–Trinajstić information content (AvgIpc) is 2.24. The lowest BCUT2D eigenvalue weighted by Gasteiger charge is -2.25.